The molecule has 0 unspecified atom stereocenters. The van der Waals surface area contributed by atoms with Crippen molar-refractivity contribution >= 4 is 23.5 Å². The van der Waals surface area contributed by atoms with E-state index < -0.39 is 5.97 Å². The van der Waals surface area contributed by atoms with E-state index in [-0.39, 0.29) is 5.75 Å². The minimum atomic E-state index is -0.443. The predicted molar refractivity (Wildman–Crippen MR) is 105 cm³/mol. The minimum absolute atomic E-state index is 0.185. The van der Waals surface area contributed by atoms with Crippen molar-refractivity contribution < 1.29 is 24.1 Å². The summed E-state index contributed by atoms with van der Waals surface area (Å²) in [6.45, 7) is 5.68. The van der Waals surface area contributed by atoms with Gasteiger partial charge in [0.05, 0.1) is 25.5 Å². The highest BCUT2D eigenvalue weighted by molar-refractivity contribution is 6.06. The van der Waals surface area contributed by atoms with Gasteiger partial charge in [-0.1, -0.05) is 6.07 Å². The zero-order valence-electron chi connectivity index (χ0n) is 15.9. The smallest absolute Gasteiger partial charge is 0.344 e. The van der Waals surface area contributed by atoms with Crippen LogP contribution < -0.4 is 14.4 Å². The number of cyclic esters (lactones) is 1. The van der Waals surface area contributed by atoms with Gasteiger partial charge in [-0.05, 0) is 49.8 Å². The van der Waals surface area contributed by atoms with Gasteiger partial charge < -0.3 is 24.2 Å². The van der Waals surface area contributed by atoms with Crippen LogP contribution >= 0.6 is 0 Å². The lowest BCUT2D eigenvalue weighted by molar-refractivity contribution is 0.0717. The summed E-state index contributed by atoms with van der Waals surface area (Å²) in [6.07, 6.45) is 1.72. The van der Waals surface area contributed by atoms with E-state index in [2.05, 4.69) is 4.90 Å². The quantitative estimate of drug-likeness (QED) is 0.779. The molecule has 0 radical (unpaired) electrons. The number of ether oxygens (including phenoxy) is 3. The van der Waals surface area contributed by atoms with Gasteiger partial charge in [0.2, 0.25) is 0 Å². The van der Waals surface area contributed by atoms with Crippen molar-refractivity contribution in [1.29, 1.82) is 0 Å². The first-order valence-electron chi connectivity index (χ1n) is 8.80. The maximum Gasteiger partial charge on any atom is 0.344 e. The molecule has 142 valence electrons. The second-order valence-electron chi connectivity index (χ2n) is 6.07. The van der Waals surface area contributed by atoms with Gasteiger partial charge in [0.25, 0.3) is 0 Å². The number of phenolic OH excluding ortho intramolecular Hbond substituents is 1. The Morgan fingerprint density at radius 2 is 1.67 bits per heavy atom. The number of nitrogens with zero attached hydrogens (tertiary/aromatic N) is 1. The normalized spacial score (nSPS) is 14.1. The van der Waals surface area contributed by atoms with E-state index in [0.717, 1.165) is 24.3 Å². The fourth-order valence-corrected chi connectivity index (χ4v) is 3.18. The summed E-state index contributed by atoms with van der Waals surface area (Å²) in [5, 5.41) is 10.4. The lowest BCUT2D eigenvalue weighted by atomic mass is 10.0. The third kappa shape index (κ3) is 3.43. The highest BCUT2D eigenvalue weighted by Crippen LogP contribution is 2.39. The van der Waals surface area contributed by atoms with Crippen molar-refractivity contribution in [2.24, 2.45) is 0 Å². The molecular weight excluding hydrogens is 346 g/mol. The summed E-state index contributed by atoms with van der Waals surface area (Å²) in [7, 11) is 3.05. The first-order chi connectivity index (χ1) is 13.0. The monoisotopic (exact) mass is 369 g/mol. The molecule has 0 aliphatic carbocycles. The maximum absolute atomic E-state index is 12.2. The predicted octanol–water partition coefficient (Wildman–Crippen LogP) is 3.92. The molecule has 1 N–H and O–H groups in total. The topological polar surface area (TPSA) is 68.2 Å². The highest BCUT2D eigenvalue weighted by Gasteiger charge is 2.29. The zero-order chi connectivity index (χ0) is 19.6. The summed E-state index contributed by atoms with van der Waals surface area (Å²) in [5.41, 5.74) is 2.55. The highest BCUT2D eigenvalue weighted by atomic mass is 16.5. The summed E-state index contributed by atoms with van der Waals surface area (Å²) in [5.74, 6) is 1.13. The van der Waals surface area contributed by atoms with E-state index >= 15 is 0 Å². The Kier molecular flexibility index (Phi) is 5.26. The molecule has 0 amide bonds. The van der Waals surface area contributed by atoms with E-state index in [4.69, 9.17) is 14.2 Å². The first kappa shape index (κ1) is 18.6. The van der Waals surface area contributed by atoms with Gasteiger partial charge in [-0.3, -0.25) is 0 Å². The Morgan fingerprint density at radius 3 is 2.22 bits per heavy atom. The molecule has 0 spiro atoms. The molecule has 6 heteroatoms. The summed E-state index contributed by atoms with van der Waals surface area (Å²) < 4.78 is 16.0. The van der Waals surface area contributed by atoms with Gasteiger partial charge in [-0.25, -0.2) is 4.79 Å². The third-order valence-corrected chi connectivity index (χ3v) is 4.61. The number of methoxy groups -OCH3 is 2. The van der Waals surface area contributed by atoms with Gasteiger partial charge in [0.1, 0.15) is 11.5 Å². The molecule has 1 heterocycles. The van der Waals surface area contributed by atoms with Crippen LogP contribution in [0.1, 0.15) is 35.3 Å². The fourth-order valence-electron chi connectivity index (χ4n) is 3.18. The Labute approximate surface area is 158 Å². The van der Waals surface area contributed by atoms with Crippen LogP contribution in [-0.2, 0) is 4.74 Å². The second kappa shape index (κ2) is 7.61. The average Bonchev–Trinajstić information content (AvgIpc) is 2.97. The number of hydrogen-bond donors (Lipinski definition) is 1. The molecule has 0 aromatic heterocycles. The Balaban J connectivity index is 2.01. The molecule has 27 heavy (non-hydrogen) atoms. The molecule has 2 aromatic rings. The lowest BCUT2D eigenvalue weighted by Gasteiger charge is -2.22. The molecule has 0 bridgehead atoms. The Morgan fingerprint density at radius 1 is 1.04 bits per heavy atom. The van der Waals surface area contributed by atoms with Crippen LogP contribution in [0.5, 0.6) is 17.2 Å². The molecule has 6 nitrogen and oxygen atoms in total. The average molecular weight is 369 g/mol. The van der Waals surface area contributed by atoms with Crippen molar-refractivity contribution in [2.45, 2.75) is 13.8 Å². The van der Waals surface area contributed by atoms with Gasteiger partial charge in [0.15, 0.2) is 11.5 Å². The standard InChI is InChI=1S/C21H23NO5/c1-5-22(6-2)16-8-7-13(9-17(16)23)10-18-14-11-19(25-3)20(26-4)12-15(14)21(24)27-18/h7-12,23H,5-6H2,1-4H3/b18-10+. The van der Waals surface area contributed by atoms with E-state index in [0.29, 0.717) is 28.4 Å². The third-order valence-electron chi connectivity index (χ3n) is 4.61. The van der Waals surface area contributed by atoms with Crippen molar-refractivity contribution in [3.8, 4) is 17.2 Å². The first-order valence-corrected chi connectivity index (χ1v) is 8.80. The minimum Gasteiger partial charge on any atom is -0.506 e. The SMILES string of the molecule is CCN(CC)c1ccc(/C=C2/OC(=O)c3cc(OC)c(OC)cc32)cc1O. The number of carbonyl (C=O) groups is 1. The van der Waals surface area contributed by atoms with E-state index in [1.54, 1.807) is 24.3 Å². The molecule has 2 aromatic carbocycles. The largest absolute Gasteiger partial charge is 0.506 e. The van der Waals surface area contributed by atoms with E-state index in [9.17, 15) is 9.90 Å². The van der Waals surface area contributed by atoms with Gasteiger partial charge >= 0.3 is 5.97 Å². The number of carbonyl (C=O) groups excluding carboxylic acids is 1. The summed E-state index contributed by atoms with van der Waals surface area (Å²) >= 11 is 0. The number of fused-ring (bicyclic) bond motifs is 1. The van der Waals surface area contributed by atoms with Crippen LogP contribution in [0, 0.1) is 0 Å². The van der Waals surface area contributed by atoms with E-state index in [1.807, 2.05) is 26.0 Å². The van der Waals surface area contributed by atoms with Crippen LogP contribution in [0.2, 0.25) is 0 Å². The van der Waals surface area contributed by atoms with Crippen molar-refractivity contribution in [1.82, 2.24) is 0 Å². The number of rotatable bonds is 6. The molecular formula is C21H23NO5. The molecule has 0 saturated heterocycles. The molecule has 0 saturated carbocycles. The van der Waals surface area contributed by atoms with Crippen LogP contribution in [0.4, 0.5) is 5.69 Å². The van der Waals surface area contributed by atoms with Gasteiger partial charge in [-0.2, -0.15) is 0 Å². The zero-order valence-corrected chi connectivity index (χ0v) is 15.9. The maximum atomic E-state index is 12.2. The number of anilines is 1. The van der Waals surface area contributed by atoms with Crippen molar-refractivity contribution in [3.05, 3.63) is 47.0 Å². The Bertz CT molecular complexity index is 900. The van der Waals surface area contributed by atoms with E-state index in [1.165, 1.54) is 14.2 Å². The van der Waals surface area contributed by atoms with Gasteiger partial charge in [0, 0.05) is 18.7 Å². The second-order valence-corrected chi connectivity index (χ2v) is 6.07. The van der Waals surface area contributed by atoms with Crippen LogP contribution in [0.15, 0.2) is 30.3 Å². The summed E-state index contributed by atoms with van der Waals surface area (Å²) in [4.78, 5) is 14.3. The number of benzene rings is 2. The number of aromatic hydroxyl groups is 1. The van der Waals surface area contributed by atoms with Crippen molar-refractivity contribution in [3.63, 3.8) is 0 Å². The van der Waals surface area contributed by atoms with Crippen LogP contribution in [0.3, 0.4) is 0 Å². The number of hydrogen-bond acceptors (Lipinski definition) is 6. The van der Waals surface area contributed by atoms with Crippen LogP contribution in [0.25, 0.3) is 11.8 Å². The van der Waals surface area contributed by atoms with Crippen molar-refractivity contribution in [2.75, 3.05) is 32.2 Å². The lowest BCUT2D eigenvalue weighted by Crippen LogP contribution is -2.21. The number of esters is 1. The number of phenols is 1. The fraction of sp³-hybridized carbons (Fsp3) is 0.286. The molecule has 1 aliphatic heterocycles. The van der Waals surface area contributed by atoms with Crippen LogP contribution in [-0.4, -0.2) is 38.4 Å². The molecule has 0 atom stereocenters. The summed E-state index contributed by atoms with van der Waals surface area (Å²) in [6, 6.07) is 8.73. The Hall–Kier alpha value is -3.15. The molecule has 0 fully saturated rings. The molecule has 3 rings (SSSR count). The molecule has 1 aliphatic rings. The van der Waals surface area contributed by atoms with Gasteiger partial charge in [-0.15, -0.1) is 0 Å².